The van der Waals surface area contributed by atoms with Gasteiger partial charge in [0.15, 0.2) is 5.82 Å². The third-order valence-electron chi connectivity index (χ3n) is 4.76. The SMILES string of the molecule is CCOC(=O)c1cnn(-c2ccccc2)c1NC(=O)CN1C(=O)c2ccc(Br)cc2C1=O. The Bertz CT molecular complexity index is 1240. The van der Waals surface area contributed by atoms with Crippen LogP contribution in [0, 0.1) is 0 Å². The number of imide groups is 1. The van der Waals surface area contributed by atoms with Crippen LogP contribution >= 0.6 is 15.9 Å². The highest BCUT2D eigenvalue weighted by molar-refractivity contribution is 9.10. The molecule has 1 aromatic heterocycles. The minimum atomic E-state index is -0.665. The first-order valence-corrected chi connectivity index (χ1v) is 10.5. The van der Waals surface area contributed by atoms with Gasteiger partial charge in [0.2, 0.25) is 5.91 Å². The van der Waals surface area contributed by atoms with Gasteiger partial charge < -0.3 is 10.1 Å². The van der Waals surface area contributed by atoms with E-state index in [1.807, 2.05) is 6.07 Å². The quantitative estimate of drug-likeness (QED) is 0.414. The molecule has 0 bridgehead atoms. The van der Waals surface area contributed by atoms with Crippen molar-refractivity contribution in [3.05, 3.63) is 75.9 Å². The van der Waals surface area contributed by atoms with Crippen molar-refractivity contribution in [3.63, 3.8) is 0 Å². The van der Waals surface area contributed by atoms with Gasteiger partial charge in [-0.15, -0.1) is 0 Å². The highest BCUT2D eigenvalue weighted by atomic mass is 79.9. The summed E-state index contributed by atoms with van der Waals surface area (Å²) in [4.78, 5) is 51.3. The molecule has 0 atom stereocenters. The lowest BCUT2D eigenvalue weighted by atomic mass is 10.1. The number of nitrogens with one attached hydrogen (secondary N) is 1. The summed E-state index contributed by atoms with van der Waals surface area (Å²) in [6.07, 6.45) is 1.29. The number of carbonyl (C=O) groups is 4. The summed E-state index contributed by atoms with van der Waals surface area (Å²) in [6.45, 7) is 1.29. The number of hydrogen-bond acceptors (Lipinski definition) is 6. The van der Waals surface area contributed by atoms with E-state index in [0.717, 1.165) is 4.90 Å². The highest BCUT2D eigenvalue weighted by Gasteiger charge is 2.37. The number of ether oxygens (including phenoxy) is 1. The highest BCUT2D eigenvalue weighted by Crippen LogP contribution is 2.26. The number of halogens is 1. The Kier molecular flexibility index (Phi) is 5.87. The molecule has 32 heavy (non-hydrogen) atoms. The van der Waals surface area contributed by atoms with Crippen LogP contribution in [0.5, 0.6) is 0 Å². The number of esters is 1. The summed E-state index contributed by atoms with van der Waals surface area (Å²) in [6, 6.07) is 13.6. The number of rotatable bonds is 6. The molecule has 1 aliphatic rings. The molecule has 9 nitrogen and oxygen atoms in total. The van der Waals surface area contributed by atoms with Crippen LogP contribution in [-0.2, 0) is 9.53 Å². The van der Waals surface area contributed by atoms with E-state index in [9.17, 15) is 19.2 Å². The van der Waals surface area contributed by atoms with Crippen molar-refractivity contribution in [1.82, 2.24) is 14.7 Å². The lowest BCUT2D eigenvalue weighted by Gasteiger charge is -2.15. The van der Waals surface area contributed by atoms with Gasteiger partial charge in [-0.1, -0.05) is 34.1 Å². The fourth-order valence-corrected chi connectivity index (χ4v) is 3.67. The second-order valence-electron chi connectivity index (χ2n) is 6.81. The van der Waals surface area contributed by atoms with Gasteiger partial charge in [0.1, 0.15) is 12.1 Å². The van der Waals surface area contributed by atoms with Gasteiger partial charge >= 0.3 is 5.97 Å². The van der Waals surface area contributed by atoms with E-state index in [0.29, 0.717) is 10.2 Å². The van der Waals surface area contributed by atoms with Crippen molar-refractivity contribution in [1.29, 1.82) is 0 Å². The van der Waals surface area contributed by atoms with Gasteiger partial charge in [-0.3, -0.25) is 19.3 Å². The third kappa shape index (κ3) is 3.92. The molecule has 0 spiro atoms. The molecule has 1 N–H and O–H groups in total. The van der Waals surface area contributed by atoms with Crippen molar-refractivity contribution in [2.45, 2.75) is 6.92 Å². The number of nitrogens with zero attached hydrogens (tertiary/aromatic N) is 3. The van der Waals surface area contributed by atoms with Gasteiger partial charge in [-0.2, -0.15) is 5.10 Å². The fraction of sp³-hybridized carbons (Fsp3) is 0.136. The Labute approximate surface area is 191 Å². The molecular weight excluding hydrogens is 480 g/mol. The molecule has 0 saturated heterocycles. The van der Waals surface area contributed by atoms with Gasteiger partial charge in [-0.25, -0.2) is 9.48 Å². The molecule has 0 unspecified atom stereocenters. The number of para-hydroxylation sites is 1. The zero-order valence-corrected chi connectivity index (χ0v) is 18.5. The molecule has 0 aliphatic carbocycles. The molecule has 3 amide bonds. The van der Waals surface area contributed by atoms with E-state index < -0.39 is 30.2 Å². The maximum atomic E-state index is 12.8. The number of fused-ring (bicyclic) bond motifs is 1. The molecule has 2 aromatic carbocycles. The smallest absolute Gasteiger partial charge is 0.343 e. The van der Waals surface area contributed by atoms with Crippen LogP contribution in [0.3, 0.4) is 0 Å². The Balaban J connectivity index is 1.61. The molecule has 10 heteroatoms. The monoisotopic (exact) mass is 496 g/mol. The van der Waals surface area contributed by atoms with Crippen molar-refractivity contribution in [3.8, 4) is 5.69 Å². The van der Waals surface area contributed by atoms with Gasteiger partial charge in [-0.05, 0) is 37.3 Å². The predicted molar refractivity (Wildman–Crippen MR) is 118 cm³/mol. The maximum Gasteiger partial charge on any atom is 0.343 e. The summed E-state index contributed by atoms with van der Waals surface area (Å²) >= 11 is 3.27. The van der Waals surface area contributed by atoms with Crippen molar-refractivity contribution in [2.75, 3.05) is 18.5 Å². The Morgan fingerprint density at radius 1 is 1.06 bits per heavy atom. The minimum absolute atomic E-state index is 0.0512. The number of hydrogen-bond donors (Lipinski definition) is 1. The average molecular weight is 497 g/mol. The number of benzene rings is 2. The summed E-state index contributed by atoms with van der Waals surface area (Å²) in [7, 11) is 0. The number of amides is 3. The summed E-state index contributed by atoms with van der Waals surface area (Å²) in [5, 5.41) is 6.80. The standard InChI is InChI=1S/C22H17BrN4O5/c1-2-32-22(31)17-11-24-27(14-6-4-3-5-7-14)19(17)25-18(28)12-26-20(29)15-9-8-13(23)10-16(15)21(26)30/h3-11H,2,12H2,1H3,(H,25,28). The third-order valence-corrected chi connectivity index (χ3v) is 5.25. The number of anilines is 1. The summed E-state index contributed by atoms with van der Waals surface area (Å²) in [5.41, 5.74) is 1.10. The van der Waals surface area contributed by atoms with E-state index in [1.165, 1.54) is 23.0 Å². The van der Waals surface area contributed by atoms with Gasteiger partial charge in [0, 0.05) is 4.47 Å². The molecule has 4 rings (SSSR count). The predicted octanol–water partition coefficient (Wildman–Crippen LogP) is 3.05. The molecule has 2 heterocycles. The molecular formula is C22H17BrN4O5. The van der Waals surface area contributed by atoms with Crippen molar-refractivity contribution >= 4 is 45.4 Å². The normalized spacial score (nSPS) is 12.6. The lowest BCUT2D eigenvalue weighted by molar-refractivity contribution is -0.116. The second kappa shape index (κ2) is 8.75. The molecule has 0 saturated carbocycles. The van der Waals surface area contributed by atoms with Crippen LogP contribution in [-0.4, -0.2) is 51.5 Å². The van der Waals surface area contributed by atoms with E-state index in [-0.39, 0.29) is 29.1 Å². The van der Waals surface area contributed by atoms with Gasteiger partial charge in [0.05, 0.1) is 29.6 Å². The fourth-order valence-electron chi connectivity index (χ4n) is 3.31. The topological polar surface area (TPSA) is 111 Å². The first-order chi connectivity index (χ1) is 15.4. The van der Waals surface area contributed by atoms with E-state index in [2.05, 4.69) is 26.3 Å². The first-order valence-electron chi connectivity index (χ1n) is 9.67. The van der Waals surface area contributed by atoms with Crippen molar-refractivity contribution in [2.24, 2.45) is 0 Å². The van der Waals surface area contributed by atoms with E-state index >= 15 is 0 Å². The largest absolute Gasteiger partial charge is 0.462 e. The van der Waals surface area contributed by atoms with Crippen LogP contribution in [0.15, 0.2) is 59.2 Å². The number of carbonyl (C=O) groups excluding carboxylic acids is 4. The zero-order chi connectivity index (χ0) is 22.8. The molecule has 1 aliphatic heterocycles. The Hall–Kier alpha value is -3.79. The van der Waals surface area contributed by atoms with E-state index in [4.69, 9.17) is 4.74 Å². The Morgan fingerprint density at radius 3 is 2.50 bits per heavy atom. The summed E-state index contributed by atoms with van der Waals surface area (Å²) < 4.78 is 7.08. The maximum absolute atomic E-state index is 12.8. The van der Waals surface area contributed by atoms with Crippen LogP contribution in [0.2, 0.25) is 0 Å². The van der Waals surface area contributed by atoms with E-state index in [1.54, 1.807) is 37.3 Å². The molecule has 0 fully saturated rings. The first kappa shape index (κ1) is 21.4. The van der Waals surface area contributed by atoms with Crippen LogP contribution in [0.1, 0.15) is 38.0 Å². The average Bonchev–Trinajstić information content (AvgIpc) is 3.29. The van der Waals surface area contributed by atoms with Crippen LogP contribution < -0.4 is 5.32 Å². The molecule has 3 aromatic rings. The van der Waals surface area contributed by atoms with Crippen LogP contribution in [0.25, 0.3) is 5.69 Å². The Morgan fingerprint density at radius 2 is 1.78 bits per heavy atom. The summed E-state index contributed by atoms with van der Waals surface area (Å²) in [5.74, 6) is -2.37. The lowest BCUT2D eigenvalue weighted by Crippen LogP contribution is -2.37. The van der Waals surface area contributed by atoms with Crippen molar-refractivity contribution < 1.29 is 23.9 Å². The van der Waals surface area contributed by atoms with Gasteiger partial charge in [0.25, 0.3) is 11.8 Å². The zero-order valence-electron chi connectivity index (χ0n) is 16.9. The molecule has 0 radical (unpaired) electrons. The molecule has 162 valence electrons. The second-order valence-corrected chi connectivity index (χ2v) is 7.72. The number of aromatic nitrogens is 2. The van der Waals surface area contributed by atoms with Crippen LogP contribution in [0.4, 0.5) is 5.82 Å². The minimum Gasteiger partial charge on any atom is -0.462 e.